The Labute approximate surface area is 148 Å². The monoisotopic (exact) mass is 363 g/mol. The fourth-order valence-electron chi connectivity index (χ4n) is 2.40. The topological polar surface area (TPSA) is 75.6 Å². The van der Waals surface area contributed by atoms with Crippen LogP contribution < -0.4 is 5.32 Å². The molecule has 2 N–H and O–H groups in total. The summed E-state index contributed by atoms with van der Waals surface area (Å²) in [6, 6.07) is 7.57. The molecule has 0 radical (unpaired) electrons. The number of amides is 1. The third-order valence-electron chi connectivity index (χ3n) is 3.69. The molecule has 1 amide bonds. The van der Waals surface area contributed by atoms with Crippen molar-refractivity contribution in [2.75, 3.05) is 5.32 Å². The summed E-state index contributed by atoms with van der Waals surface area (Å²) in [7, 11) is 0. The first-order valence-electron chi connectivity index (χ1n) is 7.24. The summed E-state index contributed by atoms with van der Waals surface area (Å²) in [4.78, 5) is 12.3. The van der Waals surface area contributed by atoms with Gasteiger partial charge in [-0.15, -0.1) is 0 Å². The SMILES string of the molecule is Cc1nn(Cc2ccc(Cl)cc2)c(C)c1NC(=O)c1[nH]ncc1Cl. The van der Waals surface area contributed by atoms with E-state index in [1.165, 1.54) is 6.20 Å². The Morgan fingerprint density at radius 1 is 1.25 bits per heavy atom. The van der Waals surface area contributed by atoms with Crippen molar-refractivity contribution in [1.82, 2.24) is 20.0 Å². The number of nitrogens with one attached hydrogen (secondary N) is 2. The molecule has 0 spiro atoms. The minimum atomic E-state index is -0.352. The van der Waals surface area contributed by atoms with Gasteiger partial charge in [0, 0.05) is 5.02 Å². The normalized spacial score (nSPS) is 10.8. The van der Waals surface area contributed by atoms with Crippen LogP contribution in [0.1, 0.15) is 27.4 Å². The molecule has 0 aliphatic rings. The number of aryl methyl sites for hydroxylation is 1. The molecule has 0 aliphatic carbocycles. The largest absolute Gasteiger partial charge is 0.317 e. The van der Waals surface area contributed by atoms with Gasteiger partial charge in [0.1, 0.15) is 5.69 Å². The van der Waals surface area contributed by atoms with Gasteiger partial charge in [0.2, 0.25) is 0 Å². The summed E-state index contributed by atoms with van der Waals surface area (Å²) in [6.07, 6.45) is 1.39. The van der Waals surface area contributed by atoms with Crippen LogP contribution in [-0.2, 0) is 6.54 Å². The first-order valence-corrected chi connectivity index (χ1v) is 8.00. The number of H-pyrrole nitrogens is 1. The Morgan fingerprint density at radius 2 is 1.96 bits per heavy atom. The van der Waals surface area contributed by atoms with E-state index < -0.39 is 0 Å². The maximum Gasteiger partial charge on any atom is 0.275 e. The molecule has 0 saturated heterocycles. The number of rotatable bonds is 4. The predicted octanol–water partition coefficient (Wildman–Crippen LogP) is 3.83. The zero-order valence-corrected chi connectivity index (χ0v) is 14.6. The Bertz CT molecular complexity index is 883. The van der Waals surface area contributed by atoms with Crippen molar-refractivity contribution in [3.8, 4) is 0 Å². The van der Waals surface area contributed by atoms with Crippen molar-refractivity contribution in [3.63, 3.8) is 0 Å². The average molecular weight is 364 g/mol. The van der Waals surface area contributed by atoms with Gasteiger partial charge in [0.15, 0.2) is 0 Å². The number of nitrogens with zero attached hydrogens (tertiary/aromatic N) is 3. The summed E-state index contributed by atoms with van der Waals surface area (Å²) < 4.78 is 1.84. The maximum atomic E-state index is 12.3. The highest BCUT2D eigenvalue weighted by atomic mass is 35.5. The Hall–Kier alpha value is -2.31. The number of hydrogen-bond acceptors (Lipinski definition) is 3. The standard InChI is InChI=1S/C16H15Cl2N5O/c1-9-14(20-16(24)15-13(18)7-19-21-15)10(2)23(22-9)8-11-3-5-12(17)6-4-11/h3-7H,8H2,1-2H3,(H,19,21)(H,20,24). The molecule has 8 heteroatoms. The van der Waals surface area contributed by atoms with E-state index in [9.17, 15) is 4.79 Å². The first kappa shape index (κ1) is 16.5. The van der Waals surface area contributed by atoms with E-state index in [-0.39, 0.29) is 16.6 Å². The molecule has 2 heterocycles. The van der Waals surface area contributed by atoms with E-state index in [0.717, 1.165) is 17.0 Å². The second-order valence-electron chi connectivity index (χ2n) is 5.38. The van der Waals surface area contributed by atoms with Gasteiger partial charge in [0.05, 0.1) is 34.8 Å². The molecule has 0 atom stereocenters. The molecular weight excluding hydrogens is 349 g/mol. The summed E-state index contributed by atoms with van der Waals surface area (Å²) in [5, 5.41) is 14.6. The van der Waals surface area contributed by atoms with Crippen LogP contribution in [0.15, 0.2) is 30.5 Å². The maximum absolute atomic E-state index is 12.3. The lowest BCUT2D eigenvalue weighted by molar-refractivity contribution is 0.102. The van der Waals surface area contributed by atoms with Gasteiger partial charge in [-0.3, -0.25) is 14.6 Å². The summed E-state index contributed by atoms with van der Waals surface area (Å²) in [5.41, 5.74) is 3.54. The molecule has 0 fully saturated rings. The third kappa shape index (κ3) is 3.29. The number of anilines is 1. The molecule has 2 aromatic heterocycles. The van der Waals surface area contributed by atoms with Crippen molar-refractivity contribution < 1.29 is 4.79 Å². The van der Waals surface area contributed by atoms with E-state index in [1.54, 1.807) is 0 Å². The number of aromatic nitrogens is 4. The smallest absolute Gasteiger partial charge is 0.275 e. The molecular formula is C16H15Cl2N5O. The number of aromatic amines is 1. The minimum Gasteiger partial charge on any atom is -0.317 e. The number of halogens is 2. The van der Waals surface area contributed by atoms with E-state index in [0.29, 0.717) is 17.3 Å². The van der Waals surface area contributed by atoms with Crippen molar-refractivity contribution >= 4 is 34.8 Å². The zero-order chi connectivity index (χ0) is 17.3. The fourth-order valence-corrected chi connectivity index (χ4v) is 2.70. The highest BCUT2D eigenvalue weighted by molar-refractivity contribution is 6.34. The zero-order valence-electron chi connectivity index (χ0n) is 13.1. The lowest BCUT2D eigenvalue weighted by atomic mass is 10.2. The van der Waals surface area contributed by atoms with Gasteiger partial charge >= 0.3 is 0 Å². The van der Waals surface area contributed by atoms with Crippen molar-refractivity contribution in [1.29, 1.82) is 0 Å². The van der Waals surface area contributed by atoms with Crippen molar-refractivity contribution in [2.45, 2.75) is 20.4 Å². The summed E-state index contributed by atoms with van der Waals surface area (Å²) in [6.45, 7) is 4.33. The van der Waals surface area contributed by atoms with Crippen LogP contribution in [0.2, 0.25) is 10.0 Å². The van der Waals surface area contributed by atoms with Crippen LogP contribution >= 0.6 is 23.2 Å². The van der Waals surface area contributed by atoms with E-state index in [2.05, 4.69) is 20.6 Å². The van der Waals surface area contributed by atoms with Crippen LogP contribution in [-0.4, -0.2) is 25.9 Å². The second kappa shape index (κ2) is 6.67. The highest BCUT2D eigenvalue weighted by Crippen LogP contribution is 2.22. The number of hydrogen-bond donors (Lipinski definition) is 2. The minimum absolute atomic E-state index is 0.223. The molecule has 1 aromatic carbocycles. The molecule has 6 nitrogen and oxygen atoms in total. The number of carbonyl (C=O) groups excluding carboxylic acids is 1. The van der Waals surface area contributed by atoms with Crippen LogP contribution in [0.25, 0.3) is 0 Å². The van der Waals surface area contributed by atoms with Crippen molar-refractivity contribution in [3.05, 3.63) is 63.2 Å². The number of carbonyl (C=O) groups is 1. The van der Waals surface area contributed by atoms with Gasteiger partial charge < -0.3 is 5.32 Å². The van der Waals surface area contributed by atoms with Crippen LogP contribution in [0.3, 0.4) is 0 Å². The van der Waals surface area contributed by atoms with Gasteiger partial charge in [-0.2, -0.15) is 10.2 Å². The molecule has 0 bridgehead atoms. The highest BCUT2D eigenvalue weighted by Gasteiger charge is 2.18. The van der Waals surface area contributed by atoms with E-state index >= 15 is 0 Å². The molecule has 3 rings (SSSR count). The Morgan fingerprint density at radius 3 is 2.58 bits per heavy atom. The summed E-state index contributed by atoms with van der Waals surface area (Å²) in [5.74, 6) is -0.352. The van der Waals surface area contributed by atoms with E-state index in [4.69, 9.17) is 23.2 Å². The predicted molar refractivity (Wildman–Crippen MR) is 93.8 cm³/mol. The van der Waals surface area contributed by atoms with Crippen LogP contribution in [0.4, 0.5) is 5.69 Å². The molecule has 24 heavy (non-hydrogen) atoms. The molecule has 124 valence electrons. The van der Waals surface area contributed by atoms with Gasteiger partial charge in [-0.1, -0.05) is 35.3 Å². The average Bonchev–Trinajstić information content (AvgIpc) is 3.08. The summed E-state index contributed by atoms with van der Waals surface area (Å²) >= 11 is 11.8. The van der Waals surface area contributed by atoms with Crippen molar-refractivity contribution in [2.24, 2.45) is 0 Å². The quantitative estimate of drug-likeness (QED) is 0.739. The third-order valence-corrected chi connectivity index (χ3v) is 4.22. The molecule has 0 aliphatic heterocycles. The van der Waals surface area contributed by atoms with Gasteiger partial charge in [-0.05, 0) is 31.5 Å². The molecule has 3 aromatic rings. The van der Waals surface area contributed by atoms with Gasteiger partial charge in [0.25, 0.3) is 5.91 Å². The van der Waals surface area contributed by atoms with Gasteiger partial charge in [-0.25, -0.2) is 0 Å². The lowest BCUT2D eigenvalue weighted by Gasteiger charge is -2.07. The lowest BCUT2D eigenvalue weighted by Crippen LogP contribution is -2.14. The van der Waals surface area contributed by atoms with Crippen LogP contribution in [0.5, 0.6) is 0 Å². The Kier molecular flexibility index (Phi) is 4.59. The Balaban J connectivity index is 1.82. The molecule has 0 unspecified atom stereocenters. The van der Waals surface area contributed by atoms with Crippen LogP contribution in [0, 0.1) is 13.8 Å². The second-order valence-corrected chi connectivity index (χ2v) is 6.22. The fraction of sp³-hybridized carbons (Fsp3) is 0.188. The van der Waals surface area contributed by atoms with E-state index in [1.807, 2.05) is 42.8 Å². The number of benzene rings is 1. The first-order chi connectivity index (χ1) is 11.5. The molecule has 0 saturated carbocycles.